The molecule has 1 aliphatic heterocycles. The molecule has 32 heavy (non-hydrogen) atoms. The number of hydrazine groups is 1. The first-order valence-electron chi connectivity index (χ1n) is 10.5. The number of piperidine rings is 1. The molecule has 166 valence electrons. The van der Waals surface area contributed by atoms with E-state index in [0.29, 0.717) is 18.4 Å². The van der Waals surface area contributed by atoms with Crippen LogP contribution in [0.25, 0.3) is 10.8 Å². The number of rotatable bonds is 4. The fraction of sp³-hybridized carbons (Fsp3) is 0.250. The van der Waals surface area contributed by atoms with Crippen molar-refractivity contribution >= 4 is 32.6 Å². The average molecular weight is 452 g/mol. The monoisotopic (exact) mass is 451 g/mol. The van der Waals surface area contributed by atoms with E-state index in [1.165, 1.54) is 4.31 Å². The first kappa shape index (κ1) is 22.0. The predicted molar refractivity (Wildman–Crippen MR) is 122 cm³/mol. The summed E-state index contributed by atoms with van der Waals surface area (Å²) >= 11 is 0. The Hall–Kier alpha value is -3.23. The van der Waals surface area contributed by atoms with Gasteiger partial charge in [-0.25, -0.2) is 8.42 Å². The van der Waals surface area contributed by atoms with Crippen molar-refractivity contribution in [1.82, 2.24) is 15.2 Å². The van der Waals surface area contributed by atoms with E-state index in [-0.39, 0.29) is 35.7 Å². The van der Waals surface area contributed by atoms with Crippen LogP contribution in [0.15, 0.2) is 71.6 Å². The van der Waals surface area contributed by atoms with E-state index >= 15 is 0 Å². The molecular weight excluding hydrogens is 426 g/mol. The number of carbonyl (C=O) groups excluding carboxylic acids is 2. The second-order valence-electron chi connectivity index (χ2n) is 7.95. The Morgan fingerprint density at radius 2 is 1.53 bits per heavy atom. The highest BCUT2D eigenvalue weighted by Gasteiger charge is 2.32. The maximum Gasteiger partial charge on any atom is 0.269 e. The number of hydrogen-bond donors (Lipinski definition) is 2. The quantitative estimate of drug-likeness (QED) is 0.596. The summed E-state index contributed by atoms with van der Waals surface area (Å²) in [5, 5.41) is 1.85. The van der Waals surface area contributed by atoms with Gasteiger partial charge in [-0.3, -0.25) is 20.4 Å². The lowest BCUT2D eigenvalue weighted by Gasteiger charge is -2.30. The molecule has 0 bridgehead atoms. The second kappa shape index (κ2) is 9.10. The van der Waals surface area contributed by atoms with Gasteiger partial charge in [0.25, 0.3) is 5.91 Å². The van der Waals surface area contributed by atoms with Gasteiger partial charge in [0, 0.05) is 24.6 Å². The van der Waals surface area contributed by atoms with Crippen molar-refractivity contribution < 1.29 is 18.0 Å². The topological polar surface area (TPSA) is 95.6 Å². The van der Waals surface area contributed by atoms with E-state index in [9.17, 15) is 18.0 Å². The highest BCUT2D eigenvalue weighted by Crippen LogP contribution is 2.26. The average Bonchev–Trinajstić information content (AvgIpc) is 2.82. The summed E-state index contributed by atoms with van der Waals surface area (Å²) in [5.74, 6) is -1.06. The number of amides is 2. The molecule has 2 amide bonds. The number of carbonyl (C=O) groups is 2. The lowest BCUT2D eigenvalue weighted by atomic mass is 9.97. The molecule has 3 aromatic carbocycles. The Kier molecular flexibility index (Phi) is 6.25. The van der Waals surface area contributed by atoms with Crippen LogP contribution in [0.3, 0.4) is 0 Å². The molecule has 3 aromatic rings. The van der Waals surface area contributed by atoms with Crippen LogP contribution in [0.1, 0.15) is 28.8 Å². The maximum absolute atomic E-state index is 13.1. The van der Waals surface area contributed by atoms with Crippen LogP contribution in [0.5, 0.6) is 0 Å². The first-order valence-corrected chi connectivity index (χ1v) is 11.9. The minimum absolute atomic E-state index is 0.249. The highest BCUT2D eigenvalue weighted by molar-refractivity contribution is 7.89. The lowest BCUT2D eigenvalue weighted by Crippen LogP contribution is -2.48. The number of nitrogens with one attached hydrogen (secondary N) is 2. The molecule has 0 aliphatic carbocycles. The number of fused-ring (bicyclic) bond motifs is 1. The van der Waals surface area contributed by atoms with E-state index in [0.717, 1.165) is 16.3 Å². The second-order valence-corrected chi connectivity index (χ2v) is 9.88. The van der Waals surface area contributed by atoms with E-state index in [1.54, 1.807) is 30.3 Å². The maximum atomic E-state index is 13.1. The molecule has 0 saturated carbocycles. The summed E-state index contributed by atoms with van der Waals surface area (Å²) < 4.78 is 27.6. The third-order valence-corrected chi connectivity index (χ3v) is 7.77. The van der Waals surface area contributed by atoms with E-state index in [1.807, 2.05) is 43.3 Å². The van der Waals surface area contributed by atoms with Crippen molar-refractivity contribution in [2.75, 3.05) is 13.1 Å². The van der Waals surface area contributed by atoms with Crippen molar-refractivity contribution in [2.45, 2.75) is 24.7 Å². The minimum atomic E-state index is -3.64. The fourth-order valence-corrected chi connectivity index (χ4v) is 5.46. The van der Waals surface area contributed by atoms with Crippen molar-refractivity contribution in [3.8, 4) is 0 Å². The van der Waals surface area contributed by atoms with Gasteiger partial charge < -0.3 is 0 Å². The van der Waals surface area contributed by atoms with E-state index in [4.69, 9.17) is 0 Å². The van der Waals surface area contributed by atoms with Gasteiger partial charge in [0.15, 0.2) is 0 Å². The van der Waals surface area contributed by atoms with Crippen LogP contribution in [0.2, 0.25) is 0 Å². The van der Waals surface area contributed by atoms with Gasteiger partial charge in [0.05, 0.1) is 4.90 Å². The zero-order valence-electron chi connectivity index (χ0n) is 17.7. The predicted octanol–water partition coefficient (Wildman–Crippen LogP) is 3.01. The SMILES string of the molecule is Cc1ccccc1C(=O)NNC(=O)C1CCN(S(=O)(=O)c2ccc3ccccc3c2)CC1. The summed E-state index contributed by atoms with van der Waals surface area (Å²) in [6, 6.07) is 19.8. The molecule has 4 rings (SSSR count). The zero-order valence-corrected chi connectivity index (χ0v) is 18.6. The van der Waals surface area contributed by atoms with Crippen LogP contribution in [-0.2, 0) is 14.8 Å². The van der Waals surface area contributed by atoms with Gasteiger partial charge in [0.2, 0.25) is 15.9 Å². The third-order valence-electron chi connectivity index (χ3n) is 5.87. The number of benzene rings is 3. The molecule has 0 unspecified atom stereocenters. The molecule has 1 heterocycles. The first-order chi connectivity index (χ1) is 15.4. The molecule has 1 fully saturated rings. The fourth-order valence-electron chi connectivity index (χ4n) is 3.95. The number of nitrogens with zero attached hydrogens (tertiary/aromatic N) is 1. The van der Waals surface area contributed by atoms with E-state index in [2.05, 4.69) is 10.9 Å². The third kappa shape index (κ3) is 4.51. The molecule has 1 saturated heterocycles. The Balaban J connectivity index is 1.35. The van der Waals surface area contributed by atoms with Crippen LogP contribution >= 0.6 is 0 Å². The molecule has 1 aliphatic rings. The molecule has 0 atom stereocenters. The van der Waals surface area contributed by atoms with Crippen molar-refractivity contribution in [2.24, 2.45) is 5.92 Å². The molecule has 0 spiro atoms. The van der Waals surface area contributed by atoms with Crippen molar-refractivity contribution in [3.63, 3.8) is 0 Å². The van der Waals surface area contributed by atoms with E-state index < -0.39 is 10.0 Å². The zero-order chi connectivity index (χ0) is 22.7. The largest absolute Gasteiger partial charge is 0.273 e. The summed E-state index contributed by atoms with van der Waals surface area (Å²) in [6.45, 7) is 2.32. The van der Waals surface area contributed by atoms with Gasteiger partial charge >= 0.3 is 0 Å². The lowest BCUT2D eigenvalue weighted by molar-refractivity contribution is -0.126. The number of hydrogen-bond acceptors (Lipinski definition) is 4. The molecule has 2 N–H and O–H groups in total. The van der Waals surface area contributed by atoms with Gasteiger partial charge in [-0.05, 0) is 54.3 Å². The highest BCUT2D eigenvalue weighted by atomic mass is 32.2. The standard InChI is InChI=1S/C24H25N3O4S/c1-17-6-2-5-9-22(17)24(29)26-25-23(28)19-12-14-27(15-13-19)32(30,31)21-11-10-18-7-3-4-8-20(18)16-21/h2-11,16,19H,12-15H2,1H3,(H,25,28)(H,26,29). The number of sulfonamides is 1. The number of aryl methyl sites for hydroxylation is 1. The molecular formula is C24H25N3O4S. The minimum Gasteiger partial charge on any atom is -0.273 e. The molecule has 8 heteroatoms. The van der Waals surface area contributed by atoms with Gasteiger partial charge in [0.1, 0.15) is 0 Å². The van der Waals surface area contributed by atoms with Gasteiger partial charge in [-0.1, -0.05) is 48.5 Å². The Labute approximate surface area is 187 Å². The molecule has 7 nitrogen and oxygen atoms in total. The van der Waals surface area contributed by atoms with Crippen molar-refractivity contribution in [1.29, 1.82) is 0 Å². The van der Waals surface area contributed by atoms with Crippen LogP contribution in [0, 0.1) is 12.8 Å². The summed E-state index contributed by atoms with van der Waals surface area (Å²) in [6.07, 6.45) is 0.776. The van der Waals surface area contributed by atoms with Gasteiger partial charge in [-0.2, -0.15) is 4.31 Å². The van der Waals surface area contributed by atoms with Crippen LogP contribution < -0.4 is 10.9 Å². The molecule has 0 radical (unpaired) electrons. The summed E-state index contributed by atoms with van der Waals surface area (Å²) in [5.41, 5.74) is 6.23. The van der Waals surface area contributed by atoms with Crippen LogP contribution in [0.4, 0.5) is 0 Å². The normalized spacial score (nSPS) is 15.4. The van der Waals surface area contributed by atoms with Gasteiger partial charge in [-0.15, -0.1) is 0 Å². The van der Waals surface area contributed by atoms with Crippen molar-refractivity contribution in [3.05, 3.63) is 77.9 Å². The summed E-state index contributed by atoms with van der Waals surface area (Å²) in [7, 11) is -3.64. The van der Waals surface area contributed by atoms with Crippen LogP contribution in [-0.4, -0.2) is 37.6 Å². The Morgan fingerprint density at radius 3 is 2.25 bits per heavy atom. The Morgan fingerprint density at radius 1 is 0.875 bits per heavy atom. The Bertz CT molecular complexity index is 1260. The smallest absolute Gasteiger partial charge is 0.269 e. The summed E-state index contributed by atoms with van der Waals surface area (Å²) in [4.78, 5) is 25.0. The molecule has 0 aromatic heterocycles.